The van der Waals surface area contributed by atoms with Crippen molar-refractivity contribution in [2.75, 3.05) is 20.2 Å². The summed E-state index contributed by atoms with van der Waals surface area (Å²) in [5.41, 5.74) is 1.33. The van der Waals surface area contributed by atoms with Crippen molar-refractivity contribution in [3.63, 3.8) is 0 Å². The number of aromatic nitrogens is 1. The van der Waals surface area contributed by atoms with Gasteiger partial charge in [-0.05, 0) is 18.1 Å². The molecule has 0 spiro atoms. The van der Waals surface area contributed by atoms with E-state index in [4.69, 9.17) is 5.26 Å². The van der Waals surface area contributed by atoms with Crippen molar-refractivity contribution in [1.29, 1.82) is 5.26 Å². The van der Waals surface area contributed by atoms with E-state index in [9.17, 15) is 4.79 Å². The highest BCUT2D eigenvalue weighted by atomic mass is 16.5. The molecular formula is C15H21N3O2. The van der Waals surface area contributed by atoms with E-state index in [-0.39, 0.29) is 5.97 Å². The largest absolute Gasteiger partial charge is 0.465 e. The Kier molecular flexibility index (Phi) is 6.68. The summed E-state index contributed by atoms with van der Waals surface area (Å²) in [5, 5.41) is 8.70. The Morgan fingerprint density at radius 1 is 1.50 bits per heavy atom. The lowest BCUT2D eigenvalue weighted by Gasteiger charge is -2.22. The van der Waals surface area contributed by atoms with Crippen LogP contribution in [0.3, 0.4) is 0 Å². The van der Waals surface area contributed by atoms with E-state index in [1.165, 1.54) is 13.3 Å². The average Bonchev–Trinajstić information content (AvgIpc) is 2.44. The van der Waals surface area contributed by atoms with Crippen LogP contribution >= 0.6 is 0 Å². The predicted molar refractivity (Wildman–Crippen MR) is 75.9 cm³/mol. The van der Waals surface area contributed by atoms with Gasteiger partial charge in [0.05, 0.1) is 24.4 Å². The molecule has 0 atom stereocenters. The van der Waals surface area contributed by atoms with Crippen molar-refractivity contribution in [3.8, 4) is 6.07 Å². The fourth-order valence-electron chi connectivity index (χ4n) is 1.95. The highest BCUT2D eigenvalue weighted by Crippen LogP contribution is 2.08. The molecule has 0 bridgehead atoms. The molecule has 0 radical (unpaired) electrons. The van der Waals surface area contributed by atoms with Crippen LogP contribution in [0.5, 0.6) is 0 Å². The van der Waals surface area contributed by atoms with Crippen molar-refractivity contribution in [1.82, 2.24) is 9.88 Å². The quantitative estimate of drug-likeness (QED) is 0.714. The van der Waals surface area contributed by atoms with Crippen molar-refractivity contribution < 1.29 is 9.53 Å². The average molecular weight is 275 g/mol. The number of nitrogens with zero attached hydrogens (tertiary/aromatic N) is 3. The number of carbonyl (C=O) groups excluding carboxylic acids is 1. The number of rotatable bonds is 7. The van der Waals surface area contributed by atoms with Crippen LogP contribution in [0.4, 0.5) is 0 Å². The zero-order valence-electron chi connectivity index (χ0n) is 12.3. The first-order valence-corrected chi connectivity index (χ1v) is 6.69. The van der Waals surface area contributed by atoms with Crippen LogP contribution in [0.2, 0.25) is 0 Å². The van der Waals surface area contributed by atoms with Gasteiger partial charge in [0.25, 0.3) is 0 Å². The van der Waals surface area contributed by atoms with Crippen LogP contribution in [0, 0.1) is 17.2 Å². The van der Waals surface area contributed by atoms with Gasteiger partial charge in [0.2, 0.25) is 0 Å². The molecule has 0 aliphatic heterocycles. The van der Waals surface area contributed by atoms with Crippen LogP contribution in [0.15, 0.2) is 18.3 Å². The summed E-state index contributed by atoms with van der Waals surface area (Å²) in [5.74, 6) is 0.149. The second-order valence-corrected chi connectivity index (χ2v) is 5.07. The smallest absolute Gasteiger partial charge is 0.339 e. The topological polar surface area (TPSA) is 66.2 Å². The van der Waals surface area contributed by atoms with Crippen molar-refractivity contribution in [2.45, 2.75) is 26.8 Å². The third-order valence-corrected chi connectivity index (χ3v) is 2.79. The maximum Gasteiger partial charge on any atom is 0.339 e. The Labute approximate surface area is 120 Å². The van der Waals surface area contributed by atoms with Crippen LogP contribution < -0.4 is 0 Å². The normalized spacial score (nSPS) is 10.6. The highest BCUT2D eigenvalue weighted by Gasteiger charge is 2.10. The second kappa shape index (κ2) is 8.28. The van der Waals surface area contributed by atoms with Gasteiger partial charge in [-0.3, -0.25) is 9.88 Å². The summed E-state index contributed by atoms with van der Waals surface area (Å²) < 4.78 is 4.64. The van der Waals surface area contributed by atoms with Gasteiger partial charge in [-0.15, -0.1) is 0 Å². The first-order chi connectivity index (χ1) is 9.56. The molecule has 20 heavy (non-hydrogen) atoms. The number of hydrogen-bond acceptors (Lipinski definition) is 5. The Hall–Kier alpha value is -1.93. The maximum atomic E-state index is 11.3. The zero-order chi connectivity index (χ0) is 15.0. The molecule has 108 valence electrons. The minimum Gasteiger partial charge on any atom is -0.465 e. The number of esters is 1. The molecule has 1 aromatic rings. The van der Waals surface area contributed by atoms with E-state index in [0.717, 1.165) is 18.8 Å². The van der Waals surface area contributed by atoms with Crippen LogP contribution in [0.25, 0.3) is 0 Å². The summed E-state index contributed by atoms with van der Waals surface area (Å²) in [6, 6.07) is 5.71. The molecule has 5 heteroatoms. The van der Waals surface area contributed by atoms with Crippen molar-refractivity contribution in [3.05, 3.63) is 29.6 Å². The van der Waals surface area contributed by atoms with Gasteiger partial charge >= 0.3 is 5.97 Å². The summed E-state index contributed by atoms with van der Waals surface area (Å²) >= 11 is 0. The molecular weight excluding hydrogens is 254 g/mol. The maximum absolute atomic E-state index is 11.3. The molecule has 0 aromatic carbocycles. The third kappa shape index (κ3) is 5.37. The van der Waals surface area contributed by atoms with Gasteiger partial charge in [-0.1, -0.05) is 13.8 Å². The van der Waals surface area contributed by atoms with E-state index in [2.05, 4.69) is 34.5 Å². The van der Waals surface area contributed by atoms with Crippen molar-refractivity contribution >= 4 is 5.97 Å². The Balaban J connectivity index is 2.68. The lowest BCUT2D eigenvalue weighted by molar-refractivity contribution is 0.0600. The van der Waals surface area contributed by atoms with E-state index >= 15 is 0 Å². The number of carbonyl (C=O) groups is 1. The summed E-state index contributed by atoms with van der Waals surface area (Å²) in [4.78, 5) is 17.8. The van der Waals surface area contributed by atoms with Gasteiger partial charge in [0, 0.05) is 32.3 Å². The minimum atomic E-state index is -0.382. The molecule has 1 aromatic heterocycles. The number of nitriles is 1. The molecule has 5 nitrogen and oxygen atoms in total. The number of methoxy groups -OCH3 is 1. The molecule has 0 saturated heterocycles. The molecule has 0 fully saturated rings. The molecule has 1 rings (SSSR count). The number of hydrogen-bond donors (Lipinski definition) is 0. The third-order valence-electron chi connectivity index (χ3n) is 2.79. The monoisotopic (exact) mass is 275 g/mol. The van der Waals surface area contributed by atoms with Crippen LogP contribution in [0.1, 0.15) is 36.3 Å². The molecule has 0 amide bonds. The van der Waals surface area contributed by atoms with Gasteiger partial charge in [0.15, 0.2) is 0 Å². The Morgan fingerprint density at radius 3 is 2.75 bits per heavy atom. The summed E-state index contributed by atoms with van der Waals surface area (Å²) in [7, 11) is 1.35. The number of pyridine rings is 1. The summed E-state index contributed by atoms with van der Waals surface area (Å²) in [6.07, 6.45) is 2.03. The van der Waals surface area contributed by atoms with Gasteiger partial charge in [-0.25, -0.2) is 4.79 Å². The molecule has 0 N–H and O–H groups in total. The Morgan fingerprint density at radius 2 is 2.25 bits per heavy atom. The van der Waals surface area contributed by atoms with E-state index in [1.54, 1.807) is 6.07 Å². The van der Waals surface area contributed by atoms with Gasteiger partial charge < -0.3 is 4.74 Å². The van der Waals surface area contributed by atoms with Crippen molar-refractivity contribution in [2.24, 2.45) is 5.92 Å². The standard InChI is InChI=1S/C15H21N3O2/c1-12(2)10-18(8-4-7-16)11-14-6-5-13(9-17-14)15(19)20-3/h5-6,9,12H,4,8,10-11H2,1-3H3. The predicted octanol–water partition coefficient (Wildman–Crippen LogP) is 2.24. The van der Waals surface area contributed by atoms with E-state index in [0.29, 0.717) is 24.4 Å². The first-order valence-electron chi connectivity index (χ1n) is 6.69. The SMILES string of the molecule is COC(=O)c1ccc(CN(CCC#N)CC(C)C)nc1. The molecule has 0 aliphatic rings. The zero-order valence-corrected chi connectivity index (χ0v) is 12.3. The number of ether oxygens (including phenoxy) is 1. The fraction of sp³-hybridized carbons (Fsp3) is 0.533. The van der Waals surface area contributed by atoms with Gasteiger partial charge in [-0.2, -0.15) is 5.26 Å². The second-order valence-electron chi connectivity index (χ2n) is 5.07. The highest BCUT2D eigenvalue weighted by molar-refractivity contribution is 5.88. The molecule has 1 heterocycles. The van der Waals surface area contributed by atoms with E-state index < -0.39 is 0 Å². The first kappa shape index (κ1) is 16.1. The lowest BCUT2D eigenvalue weighted by atomic mass is 10.2. The molecule has 0 unspecified atom stereocenters. The van der Waals surface area contributed by atoms with Gasteiger partial charge in [0.1, 0.15) is 0 Å². The summed E-state index contributed by atoms with van der Waals surface area (Å²) in [6.45, 7) is 6.62. The Bertz CT molecular complexity index is 463. The van der Waals surface area contributed by atoms with Crippen LogP contribution in [-0.2, 0) is 11.3 Å². The van der Waals surface area contributed by atoms with E-state index in [1.807, 2.05) is 6.07 Å². The lowest BCUT2D eigenvalue weighted by Crippen LogP contribution is -2.28. The molecule has 0 aliphatic carbocycles. The minimum absolute atomic E-state index is 0.382. The van der Waals surface area contributed by atoms with Crippen LogP contribution in [-0.4, -0.2) is 36.1 Å². The fourth-order valence-corrected chi connectivity index (χ4v) is 1.95. The molecule has 0 saturated carbocycles.